The number of nitrogens with zero attached hydrogens (tertiary/aromatic N) is 4. The van der Waals surface area contributed by atoms with Gasteiger partial charge >= 0.3 is 0 Å². The number of carbonyl (C=O) groups is 1. The van der Waals surface area contributed by atoms with Crippen LogP contribution in [0.1, 0.15) is 38.2 Å². The number of hydrogen-bond acceptors (Lipinski definition) is 4. The summed E-state index contributed by atoms with van der Waals surface area (Å²) in [4.78, 5) is 18.1. The molecule has 0 fully saturated rings. The molecule has 0 N–H and O–H groups in total. The van der Waals surface area contributed by atoms with Gasteiger partial charge in [-0.2, -0.15) is 5.10 Å². The van der Waals surface area contributed by atoms with Crippen LogP contribution in [0, 0.1) is 11.7 Å². The van der Waals surface area contributed by atoms with Crippen molar-refractivity contribution in [2.24, 2.45) is 13.0 Å². The quantitative estimate of drug-likeness (QED) is 0.420. The molecule has 0 bridgehead atoms. The van der Waals surface area contributed by atoms with Gasteiger partial charge in [-0.3, -0.25) is 14.5 Å². The number of hydrogen-bond donors (Lipinski definition) is 0. The second-order valence-electron chi connectivity index (χ2n) is 8.58. The maximum absolute atomic E-state index is 15.7. The Morgan fingerprint density at radius 1 is 1.21 bits per heavy atom. The van der Waals surface area contributed by atoms with Gasteiger partial charge in [0.2, 0.25) is 0 Å². The van der Waals surface area contributed by atoms with E-state index >= 15 is 4.39 Å². The highest BCUT2D eigenvalue weighted by atomic mass is 19.1. The third kappa shape index (κ3) is 3.95. The van der Waals surface area contributed by atoms with E-state index in [-0.39, 0.29) is 35.0 Å². The lowest BCUT2D eigenvalue weighted by Gasteiger charge is -2.20. The van der Waals surface area contributed by atoms with Crippen LogP contribution >= 0.6 is 0 Å². The summed E-state index contributed by atoms with van der Waals surface area (Å²) in [5, 5.41) is 5.31. The molecule has 7 heteroatoms. The second-order valence-corrected chi connectivity index (χ2v) is 8.58. The van der Waals surface area contributed by atoms with Gasteiger partial charge in [0.05, 0.1) is 39.2 Å². The Bertz CT molecular complexity index is 1450. The molecule has 1 aliphatic rings. The summed E-state index contributed by atoms with van der Waals surface area (Å²) in [6, 6.07) is 11.9. The first-order valence-corrected chi connectivity index (χ1v) is 10.8. The van der Waals surface area contributed by atoms with Crippen molar-refractivity contribution < 1.29 is 16.7 Å². The average Bonchev–Trinajstić information content (AvgIpc) is 3.29. The molecule has 2 aromatic carbocycles. The van der Waals surface area contributed by atoms with Crippen molar-refractivity contribution in [1.29, 1.82) is 0 Å². The number of halogens is 1. The zero-order chi connectivity index (χ0) is 24.9. The lowest BCUT2D eigenvalue weighted by molar-refractivity contribution is 0.0763. The predicted molar refractivity (Wildman–Crippen MR) is 124 cm³/mol. The van der Waals surface area contributed by atoms with Gasteiger partial charge in [-0.1, -0.05) is 26.0 Å². The molecule has 33 heavy (non-hydrogen) atoms. The number of rotatable bonds is 6. The highest BCUT2D eigenvalue weighted by Crippen LogP contribution is 2.35. The van der Waals surface area contributed by atoms with Gasteiger partial charge in [-0.25, -0.2) is 4.39 Å². The number of carbonyl (C=O) groups excluding carboxylic acids is 1. The van der Waals surface area contributed by atoms with Crippen LogP contribution in [0.25, 0.3) is 22.0 Å². The highest BCUT2D eigenvalue weighted by molar-refractivity contribution is 5.98. The molecule has 2 aromatic heterocycles. The first-order valence-electron chi connectivity index (χ1n) is 11.8. The summed E-state index contributed by atoms with van der Waals surface area (Å²) in [5.41, 5.74) is 2.55. The van der Waals surface area contributed by atoms with Gasteiger partial charge in [0, 0.05) is 30.4 Å². The first kappa shape index (κ1) is 18.8. The molecular formula is C26H25FN4O2. The SMILES string of the molecule is [2H]C1([2H])c2ncccc2C(=O)N1Cc1c(F)cc(-c2cccc3nn(C)cc23)cc1OCC(C)C. The largest absolute Gasteiger partial charge is 0.493 e. The fourth-order valence-corrected chi connectivity index (χ4v) is 3.98. The smallest absolute Gasteiger partial charge is 0.256 e. The minimum Gasteiger partial charge on any atom is -0.493 e. The van der Waals surface area contributed by atoms with Gasteiger partial charge in [0.15, 0.2) is 0 Å². The summed E-state index contributed by atoms with van der Waals surface area (Å²) in [7, 11) is 1.83. The van der Waals surface area contributed by atoms with Crippen LogP contribution in [0.3, 0.4) is 0 Å². The Hall–Kier alpha value is -3.74. The molecule has 0 radical (unpaired) electrons. The number of amides is 1. The minimum atomic E-state index is -2.17. The summed E-state index contributed by atoms with van der Waals surface area (Å²) in [6.07, 6.45) is 3.33. The van der Waals surface area contributed by atoms with Crippen molar-refractivity contribution in [3.8, 4) is 16.9 Å². The van der Waals surface area contributed by atoms with E-state index in [0.717, 1.165) is 21.4 Å². The molecule has 3 heterocycles. The molecule has 1 aliphatic heterocycles. The Morgan fingerprint density at radius 3 is 2.82 bits per heavy atom. The topological polar surface area (TPSA) is 60.2 Å². The molecule has 0 aliphatic carbocycles. The molecule has 168 valence electrons. The highest BCUT2D eigenvalue weighted by Gasteiger charge is 2.30. The van der Waals surface area contributed by atoms with Crippen LogP contribution in [-0.4, -0.2) is 32.2 Å². The number of fused-ring (bicyclic) bond motifs is 2. The van der Waals surface area contributed by atoms with E-state index in [9.17, 15) is 4.79 Å². The molecule has 0 unspecified atom stereocenters. The monoisotopic (exact) mass is 446 g/mol. The van der Waals surface area contributed by atoms with Crippen LogP contribution in [0.2, 0.25) is 0 Å². The predicted octanol–water partition coefficient (Wildman–Crippen LogP) is 4.97. The van der Waals surface area contributed by atoms with Gasteiger partial charge in [-0.15, -0.1) is 0 Å². The minimum absolute atomic E-state index is 0.0370. The van der Waals surface area contributed by atoms with Crippen LogP contribution in [0.4, 0.5) is 4.39 Å². The van der Waals surface area contributed by atoms with Crippen LogP contribution in [-0.2, 0) is 20.1 Å². The van der Waals surface area contributed by atoms with Crippen LogP contribution in [0.5, 0.6) is 5.75 Å². The Kier molecular flexibility index (Phi) is 4.73. The summed E-state index contributed by atoms with van der Waals surface area (Å²) >= 11 is 0. The molecule has 6 nitrogen and oxygen atoms in total. The van der Waals surface area contributed by atoms with Crippen molar-refractivity contribution in [2.75, 3.05) is 6.61 Å². The van der Waals surface area contributed by atoms with E-state index in [1.807, 2.05) is 45.3 Å². The lowest BCUT2D eigenvalue weighted by atomic mass is 9.99. The van der Waals surface area contributed by atoms with Gasteiger partial charge in [0.25, 0.3) is 5.91 Å². The van der Waals surface area contributed by atoms with Gasteiger partial charge in [0.1, 0.15) is 11.6 Å². The number of aromatic nitrogens is 3. The van der Waals surface area contributed by atoms with Crippen molar-refractivity contribution in [1.82, 2.24) is 19.7 Å². The van der Waals surface area contributed by atoms with E-state index in [2.05, 4.69) is 10.1 Å². The maximum Gasteiger partial charge on any atom is 0.256 e. The number of aryl methyl sites for hydroxylation is 1. The Morgan fingerprint density at radius 2 is 2.03 bits per heavy atom. The molecule has 0 saturated carbocycles. The van der Waals surface area contributed by atoms with E-state index in [1.54, 1.807) is 16.8 Å². The Balaban J connectivity index is 1.59. The van der Waals surface area contributed by atoms with E-state index < -0.39 is 18.2 Å². The average molecular weight is 447 g/mol. The molecule has 4 aromatic rings. The third-order valence-corrected chi connectivity index (χ3v) is 5.54. The van der Waals surface area contributed by atoms with E-state index in [1.165, 1.54) is 18.3 Å². The van der Waals surface area contributed by atoms with Crippen molar-refractivity contribution in [3.63, 3.8) is 0 Å². The number of benzene rings is 2. The van der Waals surface area contributed by atoms with E-state index in [0.29, 0.717) is 12.2 Å². The number of pyridine rings is 1. The van der Waals surface area contributed by atoms with Crippen molar-refractivity contribution in [2.45, 2.75) is 26.9 Å². The molecule has 5 rings (SSSR count). The number of ether oxygens (including phenoxy) is 1. The third-order valence-electron chi connectivity index (χ3n) is 5.54. The lowest BCUT2D eigenvalue weighted by Crippen LogP contribution is -2.24. The summed E-state index contributed by atoms with van der Waals surface area (Å²) < 4.78 is 40.5. The van der Waals surface area contributed by atoms with Crippen molar-refractivity contribution in [3.05, 3.63) is 77.5 Å². The molecule has 0 atom stereocenters. The molecule has 0 spiro atoms. The second kappa shape index (κ2) is 8.31. The zero-order valence-electron chi connectivity index (χ0n) is 20.7. The van der Waals surface area contributed by atoms with E-state index in [4.69, 9.17) is 7.48 Å². The maximum atomic E-state index is 15.7. The van der Waals surface area contributed by atoms with Crippen LogP contribution < -0.4 is 4.74 Å². The van der Waals surface area contributed by atoms with Crippen molar-refractivity contribution >= 4 is 16.8 Å². The molecule has 0 saturated heterocycles. The van der Waals surface area contributed by atoms with Crippen LogP contribution in [0.15, 0.2) is 54.9 Å². The first-order chi connectivity index (χ1) is 16.7. The zero-order valence-corrected chi connectivity index (χ0v) is 18.7. The van der Waals surface area contributed by atoms with Gasteiger partial charge < -0.3 is 9.64 Å². The molecule has 1 amide bonds. The molecular weight excluding hydrogens is 419 g/mol. The summed E-state index contributed by atoms with van der Waals surface area (Å²) in [6.45, 7) is 1.85. The van der Waals surface area contributed by atoms with Gasteiger partial charge in [-0.05, 0) is 47.4 Å². The summed E-state index contributed by atoms with van der Waals surface area (Å²) in [5.74, 6) is -0.641. The Labute approximate surface area is 194 Å². The fraction of sp³-hybridized carbons (Fsp3) is 0.269. The standard InChI is InChI=1S/C26H25FN4O2/c1-16(2)15-33-25-11-17(18-6-4-8-23-20(18)12-30(3)29-23)10-22(27)21(25)13-31-14-24-19(26(31)32)7-5-9-28-24/h4-12,16H,13-15H2,1-3H3/i14D2. The fourth-order valence-electron chi connectivity index (χ4n) is 3.98. The normalized spacial score (nSPS) is 15.7.